The Morgan fingerprint density at radius 3 is 2.93 bits per heavy atom. The Morgan fingerprint density at radius 2 is 2.21 bits per heavy atom. The number of halogens is 1. The van der Waals surface area contributed by atoms with Crippen LogP contribution < -0.4 is 0 Å². The highest BCUT2D eigenvalue weighted by molar-refractivity contribution is 7.17. The summed E-state index contributed by atoms with van der Waals surface area (Å²) in [5.74, 6) is -1.14. The third-order valence-corrected chi connectivity index (χ3v) is 2.89. The van der Waals surface area contributed by atoms with Crippen molar-refractivity contribution in [2.75, 3.05) is 7.11 Å². The Morgan fingerprint density at radius 1 is 1.43 bits per heavy atom. The van der Waals surface area contributed by atoms with Crippen molar-refractivity contribution >= 4 is 27.4 Å². The summed E-state index contributed by atoms with van der Waals surface area (Å²) < 4.78 is 18.6. The van der Waals surface area contributed by atoms with Gasteiger partial charge in [-0.2, -0.15) is 0 Å². The van der Waals surface area contributed by atoms with E-state index in [1.165, 1.54) is 24.5 Å². The molecule has 0 bridgehead atoms. The molecule has 14 heavy (non-hydrogen) atoms. The molecule has 0 saturated carbocycles. The van der Waals surface area contributed by atoms with Crippen molar-refractivity contribution in [2.24, 2.45) is 0 Å². The van der Waals surface area contributed by atoms with Crippen LogP contribution in [0.5, 0.6) is 0 Å². The van der Waals surface area contributed by atoms with E-state index in [9.17, 15) is 9.18 Å². The number of benzene rings is 1. The van der Waals surface area contributed by atoms with Crippen LogP contribution in [0.25, 0.3) is 10.1 Å². The van der Waals surface area contributed by atoms with E-state index in [0.29, 0.717) is 4.70 Å². The largest absolute Gasteiger partial charge is 0.465 e. The topological polar surface area (TPSA) is 26.3 Å². The quantitative estimate of drug-likeness (QED) is 0.676. The van der Waals surface area contributed by atoms with E-state index in [1.54, 1.807) is 11.4 Å². The van der Waals surface area contributed by atoms with Crippen molar-refractivity contribution in [1.29, 1.82) is 0 Å². The Balaban J connectivity index is 2.67. The van der Waals surface area contributed by atoms with Crippen molar-refractivity contribution in [2.45, 2.75) is 0 Å². The molecule has 2 nitrogen and oxygen atoms in total. The average molecular weight is 210 g/mol. The summed E-state index contributed by atoms with van der Waals surface area (Å²) in [5.41, 5.74) is -0.0116. The van der Waals surface area contributed by atoms with Crippen LogP contribution >= 0.6 is 11.3 Å². The Labute approximate surface area is 83.9 Å². The Bertz CT molecular complexity index is 490. The van der Waals surface area contributed by atoms with Gasteiger partial charge in [-0.3, -0.25) is 0 Å². The molecule has 1 heterocycles. The van der Waals surface area contributed by atoms with E-state index >= 15 is 0 Å². The second kappa shape index (κ2) is 3.38. The minimum atomic E-state index is -0.641. The summed E-state index contributed by atoms with van der Waals surface area (Å²) in [7, 11) is 1.24. The van der Waals surface area contributed by atoms with Crippen LogP contribution in [0.15, 0.2) is 23.6 Å². The second-order valence-corrected chi connectivity index (χ2v) is 3.67. The zero-order valence-corrected chi connectivity index (χ0v) is 8.23. The van der Waals surface area contributed by atoms with Gasteiger partial charge in [0, 0.05) is 0 Å². The molecular weight excluding hydrogens is 203 g/mol. The first kappa shape index (κ1) is 9.15. The molecule has 0 amide bonds. The first-order valence-electron chi connectivity index (χ1n) is 3.98. The van der Waals surface area contributed by atoms with Gasteiger partial charge in [0.15, 0.2) is 5.82 Å². The van der Waals surface area contributed by atoms with Gasteiger partial charge in [0.2, 0.25) is 0 Å². The number of carbonyl (C=O) groups is 1. The monoisotopic (exact) mass is 210 g/mol. The van der Waals surface area contributed by atoms with Crippen molar-refractivity contribution < 1.29 is 13.9 Å². The number of methoxy groups -OCH3 is 1. The maximum absolute atomic E-state index is 13.6. The maximum Gasteiger partial charge on any atom is 0.340 e. The minimum Gasteiger partial charge on any atom is -0.465 e. The first-order valence-corrected chi connectivity index (χ1v) is 4.86. The van der Waals surface area contributed by atoms with E-state index in [0.717, 1.165) is 5.39 Å². The SMILES string of the molecule is COC(=O)c1ccc2ccsc2c1F. The normalized spacial score (nSPS) is 10.4. The Hall–Kier alpha value is -1.42. The molecule has 0 atom stereocenters. The lowest BCUT2D eigenvalue weighted by Gasteiger charge is -2.01. The molecule has 0 aliphatic heterocycles. The molecule has 1 aromatic carbocycles. The smallest absolute Gasteiger partial charge is 0.340 e. The summed E-state index contributed by atoms with van der Waals surface area (Å²) in [5, 5.41) is 2.59. The Kier molecular flexibility index (Phi) is 2.21. The van der Waals surface area contributed by atoms with Crippen LogP contribution in [0.4, 0.5) is 4.39 Å². The summed E-state index contributed by atoms with van der Waals surface area (Å²) in [4.78, 5) is 11.1. The van der Waals surface area contributed by atoms with Gasteiger partial charge in [-0.25, -0.2) is 9.18 Å². The lowest BCUT2D eigenvalue weighted by Crippen LogP contribution is -2.03. The summed E-state index contributed by atoms with van der Waals surface area (Å²) in [6.07, 6.45) is 0. The third-order valence-electron chi connectivity index (χ3n) is 1.97. The number of hydrogen-bond acceptors (Lipinski definition) is 3. The number of hydrogen-bond donors (Lipinski definition) is 0. The van der Waals surface area contributed by atoms with E-state index < -0.39 is 11.8 Å². The maximum atomic E-state index is 13.6. The predicted molar refractivity (Wildman–Crippen MR) is 53.1 cm³/mol. The fourth-order valence-corrected chi connectivity index (χ4v) is 2.10. The molecule has 72 valence electrons. The number of thiophene rings is 1. The fourth-order valence-electron chi connectivity index (χ4n) is 1.26. The lowest BCUT2D eigenvalue weighted by molar-refractivity contribution is 0.0596. The average Bonchev–Trinajstić information content (AvgIpc) is 2.66. The molecule has 1 aromatic heterocycles. The predicted octanol–water partition coefficient (Wildman–Crippen LogP) is 2.83. The molecule has 0 unspecified atom stereocenters. The third kappa shape index (κ3) is 1.28. The highest BCUT2D eigenvalue weighted by Crippen LogP contribution is 2.26. The molecule has 0 saturated heterocycles. The zero-order chi connectivity index (χ0) is 10.1. The van der Waals surface area contributed by atoms with E-state index in [4.69, 9.17) is 0 Å². The molecule has 0 N–H and O–H groups in total. The standard InChI is InChI=1S/C10H7FO2S/c1-13-10(12)7-3-2-6-4-5-14-9(6)8(7)11/h2-5H,1H3. The molecule has 4 heteroatoms. The fraction of sp³-hybridized carbons (Fsp3) is 0.100. The van der Waals surface area contributed by atoms with Gasteiger partial charge in [-0.05, 0) is 22.9 Å². The van der Waals surface area contributed by atoms with Gasteiger partial charge < -0.3 is 4.74 Å². The van der Waals surface area contributed by atoms with Crippen molar-refractivity contribution in [1.82, 2.24) is 0 Å². The van der Waals surface area contributed by atoms with Gasteiger partial charge in [0.1, 0.15) is 0 Å². The highest BCUT2D eigenvalue weighted by Gasteiger charge is 2.14. The van der Waals surface area contributed by atoms with E-state index in [2.05, 4.69) is 4.74 Å². The van der Waals surface area contributed by atoms with Crippen molar-refractivity contribution in [3.63, 3.8) is 0 Å². The van der Waals surface area contributed by atoms with Crippen LogP contribution in [-0.2, 0) is 4.74 Å². The van der Waals surface area contributed by atoms with Crippen LogP contribution in [0.2, 0.25) is 0 Å². The molecule has 2 rings (SSSR count). The number of esters is 1. The molecular formula is C10H7FO2S. The van der Waals surface area contributed by atoms with Crippen LogP contribution in [0.1, 0.15) is 10.4 Å². The molecule has 2 aromatic rings. The number of rotatable bonds is 1. The summed E-state index contributed by atoms with van der Waals surface area (Å²) in [6, 6.07) is 4.96. The van der Waals surface area contributed by atoms with Gasteiger partial charge >= 0.3 is 5.97 Å². The molecule has 0 aliphatic rings. The number of fused-ring (bicyclic) bond motifs is 1. The van der Waals surface area contributed by atoms with Gasteiger partial charge in [0.05, 0.1) is 17.4 Å². The van der Waals surface area contributed by atoms with Crippen LogP contribution in [0.3, 0.4) is 0 Å². The first-order chi connectivity index (χ1) is 6.74. The van der Waals surface area contributed by atoms with Crippen molar-refractivity contribution in [3.8, 4) is 0 Å². The molecule has 0 spiro atoms. The lowest BCUT2D eigenvalue weighted by atomic mass is 10.1. The highest BCUT2D eigenvalue weighted by atomic mass is 32.1. The van der Waals surface area contributed by atoms with Crippen LogP contribution in [0, 0.1) is 5.82 Å². The second-order valence-electron chi connectivity index (χ2n) is 2.76. The van der Waals surface area contributed by atoms with Gasteiger partial charge in [-0.1, -0.05) is 6.07 Å². The van der Waals surface area contributed by atoms with Gasteiger partial charge in [0.25, 0.3) is 0 Å². The van der Waals surface area contributed by atoms with Crippen LogP contribution in [-0.4, -0.2) is 13.1 Å². The molecule has 0 fully saturated rings. The van der Waals surface area contributed by atoms with Gasteiger partial charge in [-0.15, -0.1) is 11.3 Å². The molecule has 0 radical (unpaired) electrons. The summed E-state index contributed by atoms with van der Waals surface area (Å²) >= 11 is 1.27. The zero-order valence-electron chi connectivity index (χ0n) is 7.41. The van der Waals surface area contributed by atoms with Crippen molar-refractivity contribution in [3.05, 3.63) is 35.0 Å². The number of ether oxygens (including phenoxy) is 1. The summed E-state index contributed by atoms with van der Waals surface area (Å²) in [6.45, 7) is 0. The minimum absolute atomic E-state index is 0.0116. The van der Waals surface area contributed by atoms with E-state index in [1.807, 2.05) is 6.07 Å². The van der Waals surface area contributed by atoms with E-state index in [-0.39, 0.29) is 5.56 Å². The number of carbonyl (C=O) groups excluding carboxylic acids is 1. The molecule has 0 aliphatic carbocycles.